The molecule has 4 nitrogen and oxygen atoms in total. The standard InChI is InChI=1S/C13H18Cl2N2O2.ClH/c1-4-5-19-12-10(14)6-9(7-11(12)15)13(18)17-16-8(2)3;/h6-8,16H,4-5H2,1-3H3,(H,17,18);1H. The number of rotatable bonds is 6. The largest absolute Gasteiger partial charge is 0.490 e. The minimum atomic E-state index is -0.292. The lowest BCUT2D eigenvalue weighted by molar-refractivity contribution is 0.0927. The lowest BCUT2D eigenvalue weighted by Crippen LogP contribution is -2.41. The van der Waals surface area contributed by atoms with E-state index in [0.29, 0.717) is 28.0 Å². The maximum absolute atomic E-state index is 11.8. The third-order valence-electron chi connectivity index (χ3n) is 2.19. The number of carbonyl (C=O) groups excluding carboxylic acids is 1. The Morgan fingerprint density at radius 3 is 2.30 bits per heavy atom. The molecule has 0 saturated heterocycles. The predicted molar refractivity (Wildman–Crippen MR) is 85.2 cm³/mol. The van der Waals surface area contributed by atoms with Gasteiger partial charge in [-0.05, 0) is 32.4 Å². The summed E-state index contributed by atoms with van der Waals surface area (Å²) < 4.78 is 5.44. The van der Waals surface area contributed by atoms with Crippen LogP contribution in [0.15, 0.2) is 12.1 Å². The van der Waals surface area contributed by atoms with Crippen molar-refractivity contribution in [3.8, 4) is 5.75 Å². The van der Waals surface area contributed by atoms with Crippen LogP contribution in [0.3, 0.4) is 0 Å². The van der Waals surface area contributed by atoms with Gasteiger partial charge in [-0.2, -0.15) is 0 Å². The first-order valence-electron chi connectivity index (χ1n) is 6.13. The van der Waals surface area contributed by atoms with Crippen LogP contribution in [0.2, 0.25) is 10.0 Å². The fourth-order valence-electron chi connectivity index (χ4n) is 1.32. The van der Waals surface area contributed by atoms with Crippen molar-refractivity contribution in [3.05, 3.63) is 27.7 Å². The molecular weight excluding hydrogens is 323 g/mol. The van der Waals surface area contributed by atoms with E-state index in [1.807, 2.05) is 20.8 Å². The van der Waals surface area contributed by atoms with E-state index in [-0.39, 0.29) is 24.4 Å². The Bertz CT molecular complexity index is 430. The topological polar surface area (TPSA) is 50.4 Å². The highest BCUT2D eigenvalue weighted by Crippen LogP contribution is 2.34. The Kier molecular flexibility index (Phi) is 8.98. The second kappa shape index (κ2) is 9.29. The maximum atomic E-state index is 11.8. The van der Waals surface area contributed by atoms with Gasteiger partial charge in [-0.3, -0.25) is 10.2 Å². The SMILES string of the molecule is CCCOc1c(Cl)cc(C(=O)NNC(C)C)cc1Cl.Cl. The molecule has 0 radical (unpaired) electrons. The molecule has 1 aromatic carbocycles. The molecule has 1 rings (SSSR count). The molecule has 1 amide bonds. The van der Waals surface area contributed by atoms with Crippen LogP contribution in [0.4, 0.5) is 0 Å². The summed E-state index contributed by atoms with van der Waals surface area (Å²) in [6.07, 6.45) is 0.854. The van der Waals surface area contributed by atoms with Crippen molar-refractivity contribution in [2.75, 3.05) is 6.61 Å². The third-order valence-corrected chi connectivity index (χ3v) is 2.75. The van der Waals surface area contributed by atoms with Gasteiger partial charge in [0, 0.05) is 11.6 Å². The highest BCUT2D eigenvalue weighted by Gasteiger charge is 2.14. The Balaban J connectivity index is 0.00000361. The van der Waals surface area contributed by atoms with Crippen molar-refractivity contribution >= 4 is 41.5 Å². The van der Waals surface area contributed by atoms with Crippen LogP contribution in [0.5, 0.6) is 5.75 Å². The van der Waals surface area contributed by atoms with Crippen molar-refractivity contribution in [1.82, 2.24) is 10.9 Å². The summed E-state index contributed by atoms with van der Waals surface area (Å²) in [4.78, 5) is 11.8. The van der Waals surface area contributed by atoms with Gasteiger partial charge in [0.1, 0.15) is 0 Å². The summed E-state index contributed by atoms with van der Waals surface area (Å²) in [5.74, 6) is 0.123. The lowest BCUT2D eigenvalue weighted by Gasteiger charge is -2.13. The van der Waals surface area contributed by atoms with Crippen LogP contribution in [-0.2, 0) is 0 Å². The first-order chi connectivity index (χ1) is 8.95. The van der Waals surface area contributed by atoms with E-state index in [1.54, 1.807) is 0 Å². The van der Waals surface area contributed by atoms with Gasteiger partial charge in [0.2, 0.25) is 0 Å². The molecule has 0 aliphatic carbocycles. The molecule has 1 aromatic rings. The van der Waals surface area contributed by atoms with Gasteiger partial charge in [0.25, 0.3) is 5.91 Å². The molecule has 0 heterocycles. The predicted octanol–water partition coefficient (Wildman–Crippen LogP) is 3.85. The van der Waals surface area contributed by atoms with Crippen molar-refractivity contribution in [2.45, 2.75) is 33.2 Å². The van der Waals surface area contributed by atoms with E-state index in [4.69, 9.17) is 27.9 Å². The number of ether oxygens (including phenoxy) is 1. The zero-order valence-electron chi connectivity index (χ0n) is 11.6. The number of halogens is 3. The quantitative estimate of drug-likeness (QED) is 0.773. The first-order valence-corrected chi connectivity index (χ1v) is 6.89. The van der Waals surface area contributed by atoms with Crippen molar-refractivity contribution < 1.29 is 9.53 Å². The number of benzene rings is 1. The number of amides is 1. The van der Waals surface area contributed by atoms with E-state index < -0.39 is 0 Å². The molecule has 0 aliphatic rings. The molecule has 0 bridgehead atoms. The Morgan fingerprint density at radius 2 is 1.85 bits per heavy atom. The zero-order valence-corrected chi connectivity index (χ0v) is 14.0. The Morgan fingerprint density at radius 1 is 1.30 bits per heavy atom. The van der Waals surface area contributed by atoms with Crippen LogP contribution in [0.25, 0.3) is 0 Å². The van der Waals surface area contributed by atoms with Gasteiger partial charge in [0.15, 0.2) is 5.75 Å². The summed E-state index contributed by atoms with van der Waals surface area (Å²) in [6.45, 7) is 6.35. The summed E-state index contributed by atoms with van der Waals surface area (Å²) in [5, 5.41) is 0.659. The van der Waals surface area contributed by atoms with Crippen LogP contribution < -0.4 is 15.6 Å². The molecule has 0 fully saturated rings. The third kappa shape index (κ3) is 5.75. The van der Waals surface area contributed by atoms with Gasteiger partial charge >= 0.3 is 0 Å². The number of carbonyl (C=O) groups is 1. The van der Waals surface area contributed by atoms with E-state index in [1.165, 1.54) is 12.1 Å². The zero-order chi connectivity index (χ0) is 14.4. The van der Waals surface area contributed by atoms with Gasteiger partial charge < -0.3 is 4.74 Å². The van der Waals surface area contributed by atoms with E-state index >= 15 is 0 Å². The van der Waals surface area contributed by atoms with Gasteiger partial charge in [0.05, 0.1) is 16.7 Å². The monoisotopic (exact) mass is 340 g/mol. The molecule has 20 heavy (non-hydrogen) atoms. The van der Waals surface area contributed by atoms with Crippen molar-refractivity contribution in [2.24, 2.45) is 0 Å². The van der Waals surface area contributed by atoms with Crippen LogP contribution in [0, 0.1) is 0 Å². The molecule has 0 aliphatic heterocycles. The highest BCUT2D eigenvalue weighted by atomic mass is 35.5. The average Bonchev–Trinajstić information content (AvgIpc) is 2.34. The minimum absolute atomic E-state index is 0. The van der Waals surface area contributed by atoms with Crippen LogP contribution in [0.1, 0.15) is 37.6 Å². The molecule has 114 valence electrons. The minimum Gasteiger partial charge on any atom is -0.490 e. The summed E-state index contributed by atoms with van der Waals surface area (Å²) in [7, 11) is 0. The number of hydrazine groups is 1. The molecule has 0 aromatic heterocycles. The number of hydrogen-bond acceptors (Lipinski definition) is 3. The molecule has 0 atom stereocenters. The Hall–Kier alpha value is -0.680. The van der Waals surface area contributed by atoms with E-state index in [2.05, 4.69) is 10.9 Å². The fourth-order valence-corrected chi connectivity index (χ4v) is 1.91. The second-order valence-corrected chi connectivity index (χ2v) is 5.19. The molecule has 2 N–H and O–H groups in total. The lowest BCUT2D eigenvalue weighted by atomic mass is 10.2. The first kappa shape index (κ1) is 19.3. The van der Waals surface area contributed by atoms with Crippen LogP contribution >= 0.6 is 35.6 Å². The summed E-state index contributed by atoms with van der Waals surface area (Å²) in [5.41, 5.74) is 5.76. The van der Waals surface area contributed by atoms with Crippen molar-refractivity contribution in [3.63, 3.8) is 0 Å². The molecule has 0 spiro atoms. The molecular formula is C13H19Cl3N2O2. The maximum Gasteiger partial charge on any atom is 0.265 e. The van der Waals surface area contributed by atoms with Gasteiger partial charge in [-0.25, -0.2) is 5.43 Å². The fraction of sp³-hybridized carbons (Fsp3) is 0.462. The van der Waals surface area contributed by atoms with E-state index in [0.717, 1.165) is 6.42 Å². The van der Waals surface area contributed by atoms with Gasteiger partial charge in [-0.15, -0.1) is 12.4 Å². The smallest absolute Gasteiger partial charge is 0.265 e. The molecule has 7 heteroatoms. The summed E-state index contributed by atoms with van der Waals surface area (Å²) in [6, 6.07) is 3.22. The Labute approximate surface area is 135 Å². The molecule has 0 unspecified atom stereocenters. The normalized spacial score (nSPS) is 10.1. The number of hydrogen-bond donors (Lipinski definition) is 2. The molecule has 0 saturated carbocycles. The average molecular weight is 342 g/mol. The highest BCUT2D eigenvalue weighted by molar-refractivity contribution is 6.37. The second-order valence-electron chi connectivity index (χ2n) is 4.37. The number of nitrogens with one attached hydrogen (secondary N) is 2. The van der Waals surface area contributed by atoms with Crippen LogP contribution in [-0.4, -0.2) is 18.6 Å². The van der Waals surface area contributed by atoms with Gasteiger partial charge in [-0.1, -0.05) is 30.1 Å². The van der Waals surface area contributed by atoms with E-state index in [9.17, 15) is 4.79 Å². The van der Waals surface area contributed by atoms with Crippen molar-refractivity contribution in [1.29, 1.82) is 0 Å². The summed E-state index contributed by atoms with van der Waals surface area (Å²) >= 11 is 12.1.